The zero-order chi connectivity index (χ0) is 10.7. The van der Waals surface area contributed by atoms with Crippen LogP contribution in [0.2, 0.25) is 0 Å². The molecule has 1 nitrogen and oxygen atoms in total. The van der Waals surface area contributed by atoms with Gasteiger partial charge in [0.2, 0.25) is 0 Å². The maximum absolute atomic E-state index is 2.26. The molecule has 0 bridgehead atoms. The van der Waals surface area contributed by atoms with Gasteiger partial charge in [0.15, 0.2) is 0 Å². The first-order valence-corrected chi connectivity index (χ1v) is 5.37. The summed E-state index contributed by atoms with van der Waals surface area (Å²) in [7, 11) is 4.19. The molecule has 1 aliphatic rings. The average Bonchev–Trinajstić information content (AvgIpc) is 2.71. The molecule has 0 radical (unpaired) electrons. The molecule has 0 aliphatic heterocycles. The van der Waals surface area contributed by atoms with Gasteiger partial charge in [-0.3, -0.25) is 0 Å². The molecule has 0 atom stereocenters. The van der Waals surface area contributed by atoms with E-state index in [4.69, 9.17) is 0 Å². The van der Waals surface area contributed by atoms with Gasteiger partial charge >= 0.3 is 0 Å². The highest BCUT2D eigenvalue weighted by atomic mass is 15.1. The van der Waals surface area contributed by atoms with Gasteiger partial charge < -0.3 is 4.90 Å². The molecule has 0 fully saturated rings. The van der Waals surface area contributed by atoms with Crippen LogP contribution in [-0.2, 0) is 6.42 Å². The number of anilines is 1. The summed E-state index contributed by atoms with van der Waals surface area (Å²) in [6, 6.07) is 8.61. The van der Waals surface area contributed by atoms with E-state index >= 15 is 0 Å². The Kier molecular flexibility index (Phi) is 2.91. The van der Waals surface area contributed by atoms with Gasteiger partial charge in [0.25, 0.3) is 0 Å². The number of benzene rings is 1. The molecule has 0 spiro atoms. The van der Waals surface area contributed by atoms with Crippen molar-refractivity contribution in [2.45, 2.75) is 6.42 Å². The summed E-state index contributed by atoms with van der Waals surface area (Å²) in [4.78, 5) is 2.18. The van der Waals surface area contributed by atoms with Crippen molar-refractivity contribution in [1.29, 1.82) is 0 Å². The molecule has 0 N–H and O–H groups in total. The lowest BCUT2D eigenvalue weighted by Gasteiger charge is -2.18. The quantitative estimate of drug-likeness (QED) is 0.723. The fourth-order valence-corrected chi connectivity index (χ4v) is 1.99. The summed E-state index contributed by atoms with van der Waals surface area (Å²) in [5.74, 6) is 0.575. The summed E-state index contributed by atoms with van der Waals surface area (Å²) >= 11 is 0. The van der Waals surface area contributed by atoms with E-state index in [1.54, 1.807) is 0 Å². The Balaban J connectivity index is 2.19. The largest absolute Gasteiger partial charge is 0.377 e. The van der Waals surface area contributed by atoms with E-state index in [1.165, 1.54) is 11.3 Å². The summed E-state index contributed by atoms with van der Waals surface area (Å²) in [6.07, 6.45) is 9.87. The van der Waals surface area contributed by atoms with Crippen molar-refractivity contribution < 1.29 is 0 Å². The standard InChI is InChI=1S/C14H17N/c1-15(2)14-10-6-5-9-13(14)11-12-7-3-4-8-12/h3-10,12H,11H2,1-2H3. The molecule has 1 aromatic rings. The molecule has 0 saturated heterocycles. The maximum atomic E-state index is 2.26. The molecule has 78 valence electrons. The van der Waals surface area contributed by atoms with Crippen LogP contribution in [0.5, 0.6) is 0 Å². The van der Waals surface area contributed by atoms with Crippen molar-refractivity contribution in [3.05, 3.63) is 54.1 Å². The lowest BCUT2D eigenvalue weighted by Crippen LogP contribution is -2.12. The second-order valence-electron chi connectivity index (χ2n) is 4.16. The molecule has 15 heavy (non-hydrogen) atoms. The monoisotopic (exact) mass is 199 g/mol. The normalized spacial score (nSPS) is 14.8. The fourth-order valence-electron chi connectivity index (χ4n) is 1.99. The van der Waals surface area contributed by atoms with Crippen LogP contribution in [0.15, 0.2) is 48.6 Å². The highest BCUT2D eigenvalue weighted by Gasteiger charge is 2.09. The summed E-state index contributed by atoms with van der Waals surface area (Å²) in [5, 5.41) is 0. The number of hydrogen-bond donors (Lipinski definition) is 0. The first-order valence-electron chi connectivity index (χ1n) is 5.37. The predicted molar refractivity (Wildman–Crippen MR) is 66.2 cm³/mol. The Morgan fingerprint density at radius 2 is 1.73 bits per heavy atom. The zero-order valence-electron chi connectivity index (χ0n) is 9.35. The van der Waals surface area contributed by atoms with E-state index in [1.807, 2.05) is 0 Å². The molecule has 0 saturated carbocycles. The summed E-state index contributed by atoms with van der Waals surface area (Å²) in [5.41, 5.74) is 2.75. The number of rotatable bonds is 3. The molecule has 1 aliphatic carbocycles. The molecule has 0 amide bonds. The molecule has 1 heteroatoms. The third kappa shape index (κ3) is 2.30. The molecule has 0 heterocycles. The third-order valence-electron chi connectivity index (χ3n) is 2.76. The van der Waals surface area contributed by atoms with Crippen molar-refractivity contribution in [2.75, 3.05) is 19.0 Å². The van der Waals surface area contributed by atoms with E-state index in [0.29, 0.717) is 5.92 Å². The lowest BCUT2D eigenvalue weighted by molar-refractivity contribution is 0.813. The Labute approximate surface area is 91.7 Å². The highest BCUT2D eigenvalue weighted by molar-refractivity contribution is 5.53. The van der Waals surface area contributed by atoms with Crippen LogP contribution in [0.3, 0.4) is 0 Å². The Bertz CT molecular complexity index is 376. The van der Waals surface area contributed by atoms with E-state index in [2.05, 4.69) is 67.6 Å². The van der Waals surface area contributed by atoms with Gasteiger partial charge in [-0.1, -0.05) is 42.5 Å². The smallest absolute Gasteiger partial charge is 0.0393 e. The minimum Gasteiger partial charge on any atom is -0.377 e. The Hall–Kier alpha value is -1.50. The van der Waals surface area contributed by atoms with Crippen molar-refractivity contribution in [3.63, 3.8) is 0 Å². The number of nitrogens with zero attached hydrogens (tertiary/aromatic N) is 1. The highest BCUT2D eigenvalue weighted by Crippen LogP contribution is 2.23. The minimum atomic E-state index is 0.575. The van der Waals surface area contributed by atoms with Gasteiger partial charge in [-0.05, 0) is 24.0 Å². The zero-order valence-corrected chi connectivity index (χ0v) is 9.35. The van der Waals surface area contributed by atoms with Crippen LogP contribution >= 0.6 is 0 Å². The first kappa shape index (κ1) is 10.0. The van der Waals surface area contributed by atoms with Crippen molar-refractivity contribution in [2.24, 2.45) is 5.92 Å². The van der Waals surface area contributed by atoms with Gasteiger partial charge in [0, 0.05) is 19.8 Å². The van der Waals surface area contributed by atoms with Gasteiger partial charge in [-0.15, -0.1) is 0 Å². The minimum absolute atomic E-state index is 0.575. The van der Waals surface area contributed by atoms with Gasteiger partial charge in [-0.25, -0.2) is 0 Å². The van der Waals surface area contributed by atoms with Gasteiger partial charge in [0.1, 0.15) is 0 Å². The topological polar surface area (TPSA) is 3.24 Å². The number of hydrogen-bond acceptors (Lipinski definition) is 1. The summed E-state index contributed by atoms with van der Waals surface area (Å²) in [6.45, 7) is 0. The van der Waals surface area contributed by atoms with Crippen LogP contribution in [-0.4, -0.2) is 14.1 Å². The van der Waals surface area contributed by atoms with E-state index in [-0.39, 0.29) is 0 Å². The van der Waals surface area contributed by atoms with Crippen molar-refractivity contribution in [1.82, 2.24) is 0 Å². The SMILES string of the molecule is CN(C)c1ccccc1CC1C=CC=C1. The van der Waals surface area contributed by atoms with Crippen LogP contribution in [0.4, 0.5) is 5.69 Å². The maximum Gasteiger partial charge on any atom is 0.0393 e. The number of allylic oxidation sites excluding steroid dienone is 4. The Morgan fingerprint density at radius 1 is 1.07 bits per heavy atom. The van der Waals surface area contributed by atoms with Gasteiger partial charge in [-0.2, -0.15) is 0 Å². The second-order valence-corrected chi connectivity index (χ2v) is 4.16. The molecular formula is C14H17N. The van der Waals surface area contributed by atoms with Gasteiger partial charge in [0.05, 0.1) is 0 Å². The second kappa shape index (κ2) is 4.35. The Morgan fingerprint density at radius 3 is 2.40 bits per heavy atom. The van der Waals surface area contributed by atoms with Crippen LogP contribution in [0.1, 0.15) is 5.56 Å². The van der Waals surface area contributed by atoms with E-state index in [0.717, 1.165) is 6.42 Å². The third-order valence-corrected chi connectivity index (χ3v) is 2.76. The van der Waals surface area contributed by atoms with E-state index < -0.39 is 0 Å². The first-order chi connectivity index (χ1) is 7.27. The van der Waals surface area contributed by atoms with Crippen LogP contribution < -0.4 is 4.90 Å². The predicted octanol–water partition coefficient (Wildman–Crippen LogP) is 3.04. The van der Waals surface area contributed by atoms with Crippen molar-refractivity contribution in [3.8, 4) is 0 Å². The average molecular weight is 199 g/mol. The molecule has 1 aromatic carbocycles. The molecule has 0 unspecified atom stereocenters. The summed E-state index contributed by atoms with van der Waals surface area (Å²) < 4.78 is 0. The van der Waals surface area contributed by atoms with Crippen LogP contribution in [0, 0.1) is 5.92 Å². The molecule has 0 aromatic heterocycles. The molecule has 2 rings (SSSR count). The van der Waals surface area contributed by atoms with Crippen molar-refractivity contribution >= 4 is 5.69 Å². The van der Waals surface area contributed by atoms with Crippen LogP contribution in [0.25, 0.3) is 0 Å². The fraction of sp³-hybridized carbons (Fsp3) is 0.286. The number of para-hydroxylation sites is 1. The van der Waals surface area contributed by atoms with E-state index in [9.17, 15) is 0 Å². The molecular weight excluding hydrogens is 182 g/mol. The lowest BCUT2D eigenvalue weighted by atomic mass is 9.99.